The van der Waals surface area contributed by atoms with E-state index in [0.717, 1.165) is 19.5 Å². The maximum Gasteiger partial charge on any atom is 0.220 e. The Morgan fingerprint density at radius 3 is 2.60 bits per heavy atom. The van der Waals surface area contributed by atoms with Crippen LogP contribution in [0.3, 0.4) is 0 Å². The summed E-state index contributed by atoms with van der Waals surface area (Å²) in [7, 11) is 0. The molecule has 2 unspecified atom stereocenters. The van der Waals surface area contributed by atoms with Gasteiger partial charge in [-0.05, 0) is 50.0 Å². The summed E-state index contributed by atoms with van der Waals surface area (Å²) in [5.74, 6) is 2.23. The maximum atomic E-state index is 11.5. The van der Waals surface area contributed by atoms with Gasteiger partial charge in [0.25, 0.3) is 0 Å². The number of nitrogens with two attached hydrogens (primary N) is 1. The van der Waals surface area contributed by atoms with E-state index in [0.29, 0.717) is 17.8 Å². The van der Waals surface area contributed by atoms with Crippen molar-refractivity contribution in [3.05, 3.63) is 0 Å². The molecule has 0 aromatic heterocycles. The van der Waals surface area contributed by atoms with Crippen molar-refractivity contribution in [3.8, 4) is 0 Å². The van der Waals surface area contributed by atoms with Crippen molar-refractivity contribution in [1.82, 2.24) is 5.32 Å². The Morgan fingerprint density at radius 1 is 1.20 bits per heavy atom. The van der Waals surface area contributed by atoms with Crippen molar-refractivity contribution >= 4 is 5.91 Å². The number of hydrogen-bond acceptors (Lipinski definition) is 2. The lowest BCUT2D eigenvalue weighted by atomic mass is 9.96. The second-order valence-electron chi connectivity index (χ2n) is 5.14. The molecule has 0 radical (unpaired) electrons. The molecule has 0 aromatic rings. The van der Waals surface area contributed by atoms with Gasteiger partial charge in [-0.1, -0.05) is 6.42 Å². The summed E-state index contributed by atoms with van der Waals surface area (Å²) in [5.41, 5.74) is 5.71. The monoisotopic (exact) mass is 210 g/mol. The number of amides is 1. The highest BCUT2D eigenvalue weighted by Gasteiger charge is 2.28. The average Bonchev–Trinajstić information content (AvgIpc) is 2.92. The number of rotatable bonds is 5. The lowest BCUT2D eigenvalue weighted by molar-refractivity contribution is -0.121. The third kappa shape index (κ3) is 3.20. The van der Waals surface area contributed by atoms with Crippen molar-refractivity contribution in [2.75, 3.05) is 13.1 Å². The minimum absolute atomic E-state index is 0.250. The van der Waals surface area contributed by atoms with Gasteiger partial charge >= 0.3 is 0 Å². The molecular weight excluding hydrogens is 188 g/mol. The first-order valence-corrected chi connectivity index (χ1v) is 6.26. The molecule has 0 bridgehead atoms. The van der Waals surface area contributed by atoms with Gasteiger partial charge in [-0.25, -0.2) is 0 Å². The zero-order valence-corrected chi connectivity index (χ0v) is 9.37. The van der Waals surface area contributed by atoms with Crippen molar-refractivity contribution in [1.29, 1.82) is 0 Å². The van der Waals surface area contributed by atoms with Gasteiger partial charge in [0, 0.05) is 13.0 Å². The lowest BCUT2D eigenvalue weighted by Crippen LogP contribution is -2.32. The van der Waals surface area contributed by atoms with E-state index in [-0.39, 0.29) is 5.91 Å². The number of nitrogens with one attached hydrogen (secondary N) is 1. The van der Waals surface area contributed by atoms with Crippen LogP contribution in [0.15, 0.2) is 0 Å². The Balaban J connectivity index is 1.65. The maximum absolute atomic E-state index is 11.5. The summed E-state index contributed by atoms with van der Waals surface area (Å²) in [5, 5.41) is 3.07. The third-order valence-electron chi connectivity index (χ3n) is 3.85. The van der Waals surface area contributed by atoms with E-state index in [9.17, 15) is 4.79 Å². The topological polar surface area (TPSA) is 55.1 Å². The van der Waals surface area contributed by atoms with Crippen LogP contribution in [0.5, 0.6) is 0 Å². The van der Waals surface area contributed by atoms with Crippen LogP contribution in [0.1, 0.15) is 38.5 Å². The molecule has 2 saturated carbocycles. The van der Waals surface area contributed by atoms with E-state index in [1.807, 2.05) is 0 Å². The van der Waals surface area contributed by atoms with Crippen molar-refractivity contribution < 1.29 is 4.79 Å². The Morgan fingerprint density at radius 2 is 1.93 bits per heavy atom. The minimum Gasteiger partial charge on any atom is -0.356 e. The average molecular weight is 210 g/mol. The molecule has 3 N–H and O–H groups in total. The lowest BCUT2D eigenvalue weighted by Gasteiger charge is -2.18. The van der Waals surface area contributed by atoms with Crippen LogP contribution in [0.25, 0.3) is 0 Å². The summed E-state index contributed by atoms with van der Waals surface area (Å²) in [4.78, 5) is 11.5. The Labute approximate surface area is 91.8 Å². The summed E-state index contributed by atoms with van der Waals surface area (Å²) >= 11 is 0. The quantitative estimate of drug-likeness (QED) is 0.718. The molecule has 3 heteroatoms. The van der Waals surface area contributed by atoms with Crippen LogP contribution in [0.4, 0.5) is 0 Å². The highest BCUT2D eigenvalue weighted by Crippen LogP contribution is 2.33. The normalized spacial score (nSPS) is 30.5. The van der Waals surface area contributed by atoms with Gasteiger partial charge in [-0.15, -0.1) is 0 Å². The van der Waals surface area contributed by atoms with Crippen LogP contribution in [-0.4, -0.2) is 19.0 Å². The zero-order chi connectivity index (χ0) is 10.7. The first-order chi connectivity index (χ1) is 7.29. The second-order valence-corrected chi connectivity index (χ2v) is 5.14. The second kappa shape index (κ2) is 4.97. The molecule has 0 spiro atoms. The molecule has 3 nitrogen and oxygen atoms in total. The largest absolute Gasteiger partial charge is 0.356 e. The molecule has 0 aliphatic heterocycles. The molecule has 0 heterocycles. The summed E-state index contributed by atoms with van der Waals surface area (Å²) in [6, 6.07) is 0. The van der Waals surface area contributed by atoms with E-state index >= 15 is 0 Å². The first-order valence-electron chi connectivity index (χ1n) is 6.26. The minimum atomic E-state index is 0.250. The Hall–Kier alpha value is -0.570. The van der Waals surface area contributed by atoms with Gasteiger partial charge in [-0.3, -0.25) is 4.79 Å². The molecular formula is C12H22N2O. The van der Waals surface area contributed by atoms with Gasteiger partial charge in [0.1, 0.15) is 0 Å². The van der Waals surface area contributed by atoms with Crippen molar-refractivity contribution in [3.63, 3.8) is 0 Å². The predicted octanol–water partition coefficient (Wildman–Crippen LogP) is 1.28. The standard InChI is InChI=1S/C12H22N2O/c13-7-10-2-1-3-11(10)8-14-12(15)6-9-4-5-9/h9-11H,1-8,13H2,(H,14,15). The van der Waals surface area contributed by atoms with Gasteiger partial charge in [-0.2, -0.15) is 0 Å². The van der Waals surface area contributed by atoms with Crippen LogP contribution in [0, 0.1) is 17.8 Å². The fourth-order valence-corrected chi connectivity index (χ4v) is 2.59. The highest BCUT2D eigenvalue weighted by molar-refractivity contribution is 5.76. The predicted molar refractivity (Wildman–Crippen MR) is 60.2 cm³/mol. The molecule has 1 amide bonds. The fourth-order valence-electron chi connectivity index (χ4n) is 2.59. The van der Waals surface area contributed by atoms with Crippen LogP contribution >= 0.6 is 0 Å². The molecule has 0 aromatic carbocycles. The van der Waals surface area contributed by atoms with Crippen molar-refractivity contribution in [2.24, 2.45) is 23.5 Å². The molecule has 2 fully saturated rings. The first kappa shape index (κ1) is 10.9. The van der Waals surface area contributed by atoms with Gasteiger partial charge in [0.2, 0.25) is 5.91 Å². The van der Waals surface area contributed by atoms with E-state index in [1.54, 1.807) is 0 Å². The summed E-state index contributed by atoms with van der Waals surface area (Å²) in [6.45, 7) is 1.64. The van der Waals surface area contributed by atoms with Crippen molar-refractivity contribution in [2.45, 2.75) is 38.5 Å². The van der Waals surface area contributed by atoms with Crippen LogP contribution in [-0.2, 0) is 4.79 Å². The number of hydrogen-bond donors (Lipinski definition) is 2. The third-order valence-corrected chi connectivity index (χ3v) is 3.85. The van der Waals surface area contributed by atoms with Gasteiger partial charge in [0.05, 0.1) is 0 Å². The van der Waals surface area contributed by atoms with Gasteiger partial charge in [0.15, 0.2) is 0 Å². The molecule has 2 rings (SSSR count). The molecule has 15 heavy (non-hydrogen) atoms. The Bertz CT molecular complexity index is 226. The molecule has 2 aliphatic rings. The molecule has 0 saturated heterocycles. The summed E-state index contributed by atoms with van der Waals surface area (Å²) in [6.07, 6.45) is 7.03. The molecule has 86 valence electrons. The number of carbonyl (C=O) groups excluding carboxylic acids is 1. The number of carbonyl (C=O) groups is 1. The SMILES string of the molecule is NCC1CCCC1CNC(=O)CC1CC1. The molecule has 2 aliphatic carbocycles. The van der Waals surface area contributed by atoms with Gasteiger partial charge < -0.3 is 11.1 Å². The summed E-state index contributed by atoms with van der Waals surface area (Å²) < 4.78 is 0. The van der Waals surface area contributed by atoms with E-state index in [2.05, 4.69) is 5.32 Å². The van der Waals surface area contributed by atoms with E-state index in [4.69, 9.17) is 5.73 Å². The van der Waals surface area contributed by atoms with E-state index < -0.39 is 0 Å². The smallest absolute Gasteiger partial charge is 0.220 e. The van der Waals surface area contributed by atoms with Crippen LogP contribution in [0.2, 0.25) is 0 Å². The van der Waals surface area contributed by atoms with Crippen LogP contribution < -0.4 is 11.1 Å². The Kier molecular flexibility index (Phi) is 3.62. The fraction of sp³-hybridized carbons (Fsp3) is 0.917. The van der Waals surface area contributed by atoms with E-state index in [1.165, 1.54) is 32.1 Å². The highest BCUT2D eigenvalue weighted by atomic mass is 16.1. The molecule has 2 atom stereocenters. The zero-order valence-electron chi connectivity index (χ0n) is 9.37.